The van der Waals surface area contributed by atoms with E-state index in [-0.39, 0.29) is 18.1 Å². The van der Waals surface area contributed by atoms with Crippen LogP contribution in [0.2, 0.25) is 0 Å². The number of halogens is 1. The summed E-state index contributed by atoms with van der Waals surface area (Å²) < 4.78 is 12.4. The zero-order chi connectivity index (χ0) is 22.5. The van der Waals surface area contributed by atoms with Crippen molar-refractivity contribution in [3.05, 3.63) is 105 Å². The number of benzene rings is 2. The number of hydrogen-bond acceptors (Lipinski definition) is 5. The van der Waals surface area contributed by atoms with Gasteiger partial charge in [-0.2, -0.15) is 0 Å². The lowest BCUT2D eigenvalue weighted by molar-refractivity contribution is -0.384. The summed E-state index contributed by atoms with van der Waals surface area (Å²) in [5.74, 6) is 1.78. The fourth-order valence-electron chi connectivity index (χ4n) is 3.06. The standard InChI is InChI=1S/C24H17BrN2O5/c25-17-7-5-16(6-8-17)22-12-10-19(32-22)15-26-24(28)14-11-18-9-13-23(31-18)20-3-1-2-4-21(20)27(29)30/h1-14H,15H2,(H,26,28)/b14-11+. The predicted molar refractivity (Wildman–Crippen MR) is 124 cm³/mol. The second kappa shape index (κ2) is 9.49. The summed E-state index contributed by atoms with van der Waals surface area (Å²) in [5.41, 5.74) is 1.27. The summed E-state index contributed by atoms with van der Waals surface area (Å²) in [5, 5.41) is 13.9. The van der Waals surface area contributed by atoms with Gasteiger partial charge in [-0.3, -0.25) is 14.9 Å². The van der Waals surface area contributed by atoms with E-state index < -0.39 is 4.92 Å². The van der Waals surface area contributed by atoms with Crippen LogP contribution >= 0.6 is 15.9 Å². The van der Waals surface area contributed by atoms with E-state index in [1.165, 1.54) is 18.2 Å². The first-order chi connectivity index (χ1) is 15.5. The Bertz CT molecular complexity index is 1290. The molecule has 0 fully saturated rings. The monoisotopic (exact) mass is 492 g/mol. The van der Waals surface area contributed by atoms with Crippen molar-refractivity contribution in [3.8, 4) is 22.6 Å². The average molecular weight is 493 g/mol. The van der Waals surface area contributed by atoms with E-state index in [0.29, 0.717) is 22.8 Å². The van der Waals surface area contributed by atoms with Crippen LogP contribution in [0, 0.1) is 10.1 Å². The molecule has 0 aliphatic rings. The van der Waals surface area contributed by atoms with Crippen molar-refractivity contribution >= 4 is 33.6 Å². The topological polar surface area (TPSA) is 98.5 Å². The fourth-order valence-corrected chi connectivity index (χ4v) is 3.33. The van der Waals surface area contributed by atoms with E-state index in [1.54, 1.807) is 30.3 Å². The number of nitrogens with zero attached hydrogens (tertiary/aromatic N) is 1. The minimum atomic E-state index is -0.461. The third-order valence-electron chi connectivity index (χ3n) is 4.62. The van der Waals surface area contributed by atoms with Crippen LogP contribution in [0.15, 0.2) is 92.2 Å². The number of carbonyl (C=O) groups is 1. The number of amides is 1. The molecule has 0 saturated carbocycles. The fraction of sp³-hybridized carbons (Fsp3) is 0.0417. The van der Waals surface area contributed by atoms with E-state index in [2.05, 4.69) is 21.2 Å². The van der Waals surface area contributed by atoms with Crippen molar-refractivity contribution in [2.24, 2.45) is 0 Å². The quantitative estimate of drug-likeness (QED) is 0.188. The lowest BCUT2D eigenvalue weighted by atomic mass is 10.1. The summed E-state index contributed by atoms with van der Waals surface area (Å²) in [6, 6.07) is 21.0. The maximum Gasteiger partial charge on any atom is 0.280 e. The van der Waals surface area contributed by atoms with Crippen molar-refractivity contribution in [3.63, 3.8) is 0 Å². The molecule has 7 nitrogen and oxygen atoms in total. The molecule has 4 rings (SSSR count). The van der Waals surface area contributed by atoms with Gasteiger partial charge in [0.25, 0.3) is 5.69 Å². The number of carbonyl (C=O) groups excluding carboxylic acids is 1. The molecule has 160 valence electrons. The van der Waals surface area contributed by atoms with Crippen molar-refractivity contribution in [1.29, 1.82) is 0 Å². The molecule has 0 radical (unpaired) electrons. The first-order valence-electron chi connectivity index (χ1n) is 9.64. The second-order valence-electron chi connectivity index (χ2n) is 6.80. The summed E-state index contributed by atoms with van der Waals surface area (Å²) in [6.07, 6.45) is 2.84. The molecule has 0 aliphatic carbocycles. The van der Waals surface area contributed by atoms with E-state index in [9.17, 15) is 14.9 Å². The van der Waals surface area contributed by atoms with Gasteiger partial charge in [-0.05, 0) is 48.5 Å². The largest absolute Gasteiger partial charge is 0.459 e. The van der Waals surface area contributed by atoms with Crippen LogP contribution in [0.1, 0.15) is 11.5 Å². The van der Waals surface area contributed by atoms with Crippen LogP contribution in [0.25, 0.3) is 28.7 Å². The minimum Gasteiger partial charge on any atom is -0.459 e. The molecule has 2 aromatic heterocycles. The van der Waals surface area contributed by atoms with E-state index >= 15 is 0 Å². The molecule has 2 heterocycles. The Hall–Kier alpha value is -3.91. The Kier molecular flexibility index (Phi) is 6.32. The van der Waals surface area contributed by atoms with E-state index in [0.717, 1.165) is 15.8 Å². The summed E-state index contributed by atoms with van der Waals surface area (Å²) in [7, 11) is 0. The molecule has 0 saturated heterocycles. The Morgan fingerprint density at radius 3 is 2.50 bits per heavy atom. The van der Waals surface area contributed by atoms with Crippen LogP contribution in [0.4, 0.5) is 5.69 Å². The van der Waals surface area contributed by atoms with Gasteiger partial charge in [0.1, 0.15) is 23.0 Å². The number of para-hydroxylation sites is 1. The summed E-state index contributed by atoms with van der Waals surface area (Å²) in [4.78, 5) is 22.9. The van der Waals surface area contributed by atoms with Gasteiger partial charge < -0.3 is 14.2 Å². The van der Waals surface area contributed by atoms with Gasteiger partial charge >= 0.3 is 0 Å². The van der Waals surface area contributed by atoms with Gasteiger partial charge in [0.2, 0.25) is 5.91 Å². The van der Waals surface area contributed by atoms with Gasteiger partial charge in [0, 0.05) is 22.2 Å². The maximum absolute atomic E-state index is 12.1. The maximum atomic E-state index is 12.1. The van der Waals surface area contributed by atoms with Crippen molar-refractivity contribution < 1.29 is 18.6 Å². The van der Waals surface area contributed by atoms with Gasteiger partial charge in [-0.25, -0.2) is 0 Å². The Morgan fingerprint density at radius 1 is 0.969 bits per heavy atom. The van der Waals surface area contributed by atoms with Crippen LogP contribution in [-0.4, -0.2) is 10.8 Å². The first-order valence-corrected chi connectivity index (χ1v) is 10.4. The smallest absolute Gasteiger partial charge is 0.280 e. The highest BCUT2D eigenvalue weighted by atomic mass is 79.9. The Morgan fingerprint density at radius 2 is 1.72 bits per heavy atom. The highest BCUT2D eigenvalue weighted by Gasteiger charge is 2.16. The van der Waals surface area contributed by atoms with Crippen molar-refractivity contribution in [2.45, 2.75) is 6.54 Å². The molecule has 2 aromatic carbocycles. The lowest BCUT2D eigenvalue weighted by Crippen LogP contribution is -2.19. The molecular formula is C24H17BrN2O5. The third kappa shape index (κ3) is 5.04. The lowest BCUT2D eigenvalue weighted by Gasteiger charge is -2.00. The molecule has 0 atom stereocenters. The highest BCUT2D eigenvalue weighted by molar-refractivity contribution is 9.10. The number of hydrogen-bond donors (Lipinski definition) is 1. The van der Waals surface area contributed by atoms with E-state index in [1.807, 2.05) is 36.4 Å². The first kappa shape index (κ1) is 21.3. The highest BCUT2D eigenvalue weighted by Crippen LogP contribution is 2.31. The molecule has 1 amide bonds. The normalized spacial score (nSPS) is 11.0. The van der Waals surface area contributed by atoms with Crippen LogP contribution in [0.5, 0.6) is 0 Å². The minimum absolute atomic E-state index is 0.0453. The molecule has 0 bridgehead atoms. The molecule has 1 N–H and O–H groups in total. The molecule has 8 heteroatoms. The summed E-state index contributed by atoms with van der Waals surface area (Å²) >= 11 is 3.40. The average Bonchev–Trinajstić information content (AvgIpc) is 3.47. The zero-order valence-corrected chi connectivity index (χ0v) is 18.2. The SMILES string of the molecule is O=C(/C=C/c1ccc(-c2ccccc2[N+](=O)[O-])o1)NCc1ccc(-c2ccc(Br)cc2)o1. The van der Waals surface area contributed by atoms with Gasteiger partial charge in [0.15, 0.2) is 0 Å². The Labute approximate surface area is 191 Å². The molecule has 0 aliphatic heterocycles. The van der Waals surface area contributed by atoms with Crippen molar-refractivity contribution in [1.82, 2.24) is 5.32 Å². The van der Waals surface area contributed by atoms with E-state index in [4.69, 9.17) is 8.83 Å². The van der Waals surface area contributed by atoms with Crippen molar-refractivity contribution in [2.75, 3.05) is 0 Å². The third-order valence-corrected chi connectivity index (χ3v) is 5.15. The van der Waals surface area contributed by atoms with Crippen LogP contribution < -0.4 is 5.32 Å². The Balaban J connectivity index is 1.36. The van der Waals surface area contributed by atoms with Crippen LogP contribution in [0.3, 0.4) is 0 Å². The van der Waals surface area contributed by atoms with Gasteiger partial charge in [0.05, 0.1) is 17.0 Å². The van der Waals surface area contributed by atoms with Gasteiger partial charge in [-0.15, -0.1) is 0 Å². The van der Waals surface area contributed by atoms with Gasteiger partial charge in [-0.1, -0.05) is 40.2 Å². The molecule has 32 heavy (non-hydrogen) atoms. The van der Waals surface area contributed by atoms with Crippen LogP contribution in [-0.2, 0) is 11.3 Å². The number of nitrogens with one attached hydrogen (secondary N) is 1. The molecule has 0 unspecified atom stereocenters. The number of furan rings is 2. The number of nitro benzene ring substituents is 1. The summed E-state index contributed by atoms with van der Waals surface area (Å²) in [6.45, 7) is 0.235. The number of rotatable bonds is 7. The second-order valence-corrected chi connectivity index (χ2v) is 7.72. The molecule has 4 aromatic rings. The molecular weight excluding hydrogens is 476 g/mol. The zero-order valence-electron chi connectivity index (χ0n) is 16.7. The molecule has 0 spiro atoms. The predicted octanol–water partition coefficient (Wildman–Crippen LogP) is 6.21. The number of nitro groups is 1.